The first kappa shape index (κ1) is 10.9. The van der Waals surface area contributed by atoms with Gasteiger partial charge in [0.2, 0.25) is 0 Å². The Morgan fingerprint density at radius 1 is 1.27 bits per heavy atom. The summed E-state index contributed by atoms with van der Waals surface area (Å²) in [6.07, 6.45) is 0. The molecular formula is C7H7BrMgO2. The molecule has 11 heavy (non-hydrogen) atoms. The minimum Gasteiger partial charge on any atom is -0.478 e. The molecule has 0 fully saturated rings. The zero-order chi connectivity index (χ0) is 7.56. The molecule has 0 spiro atoms. The van der Waals surface area contributed by atoms with Crippen LogP contribution in [0.15, 0.2) is 28.7 Å². The second-order valence-corrected chi connectivity index (χ2v) is 2.73. The van der Waals surface area contributed by atoms with Crippen LogP contribution in [0, 0.1) is 0 Å². The SMILES string of the molecule is O=C(O)c1ccc(Br)cc1.[MgH2]. The highest BCUT2D eigenvalue weighted by molar-refractivity contribution is 9.10. The van der Waals surface area contributed by atoms with E-state index >= 15 is 0 Å². The first-order chi connectivity index (χ1) is 4.70. The maximum atomic E-state index is 10.3. The van der Waals surface area contributed by atoms with E-state index in [0.29, 0.717) is 5.56 Å². The van der Waals surface area contributed by atoms with Gasteiger partial charge in [-0.05, 0) is 24.3 Å². The summed E-state index contributed by atoms with van der Waals surface area (Å²) in [5.74, 6) is -0.896. The van der Waals surface area contributed by atoms with Crippen LogP contribution in [0.4, 0.5) is 0 Å². The van der Waals surface area contributed by atoms with Crippen molar-refractivity contribution in [3.8, 4) is 0 Å². The van der Waals surface area contributed by atoms with E-state index in [-0.39, 0.29) is 23.1 Å². The lowest BCUT2D eigenvalue weighted by Crippen LogP contribution is -1.94. The van der Waals surface area contributed by atoms with Gasteiger partial charge in [0, 0.05) is 4.47 Å². The molecule has 0 atom stereocenters. The lowest BCUT2D eigenvalue weighted by Gasteiger charge is -1.91. The van der Waals surface area contributed by atoms with E-state index in [1.807, 2.05) is 0 Å². The normalized spacial score (nSPS) is 8.45. The van der Waals surface area contributed by atoms with Crippen molar-refractivity contribution in [1.29, 1.82) is 0 Å². The van der Waals surface area contributed by atoms with Crippen molar-refractivity contribution in [2.75, 3.05) is 0 Å². The summed E-state index contributed by atoms with van der Waals surface area (Å²) in [6, 6.07) is 6.49. The number of carboxylic acids is 1. The van der Waals surface area contributed by atoms with Crippen molar-refractivity contribution in [3.63, 3.8) is 0 Å². The minimum absolute atomic E-state index is 0. The van der Waals surface area contributed by atoms with Gasteiger partial charge in [-0.25, -0.2) is 4.79 Å². The van der Waals surface area contributed by atoms with Gasteiger partial charge in [0.15, 0.2) is 0 Å². The predicted octanol–water partition coefficient (Wildman–Crippen LogP) is 1.23. The molecule has 0 saturated carbocycles. The molecular weight excluding hydrogens is 220 g/mol. The summed E-state index contributed by atoms with van der Waals surface area (Å²) in [4.78, 5) is 10.3. The largest absolute Gasteiger partial charge is 0.478 e. The van der Waals surface area contributed by atoms with E-state index in [2.05, 4.69) is 15.9 Å². The Morgan fingerprint density at radius 3 is 2.09 bits per heavy atom. The van der Waals surface area contributed by atoms with Crippen molar-refractivity contribution in [2.24, 2.45) is 0 Å². The van der Waals surface area contributed by atoms with Gasteiger partial charge in [-0.15, -0.1) is 0 Å². The molecule has 0 saturated heterocycles. The first-order valence-corrected chi connectivity index (χ1v) is 3.48. The molecule has 56 valence electrons. The number of hydrogen-bond acceptors (Lipinski definition) is 1. The Morgan fingerprint density at radius 2 is 1.73 bits per heavy atom. The lowest BCUT2D eigenvalue weighted by molar-refractivity contribution is 0.0697. The number of carboxylic acid groups (broad SMARTS) is 1. The predicted molar refractivity (Wildman–Crippen MR) is 49.6 cm³/mol. The topological polar surface area (TPSA) is 37.3 Å². The standard InChI is InChI=1S/C7H5BrO2.Mg.2H/c8-6-3-1-5(2-4-6)7(9)10;;;/h1-4H,(H,9,10);;;. The molecule has 0 aliphatic heterocycles. The van der Waals surface area contributed by atoms with Crippen LogP contribution in [-0.4, -0.2) is 34.1 Å². The van der Waals surface area contributed by atoms with Crippen LogP contribution in [0.1, 0.15) is 10.4 Å². The Kier molecular flexibility index (Phi) is 4.71. The second kappa shape index (κ2) is 4.74. The lowest BCUT2D eigenvalue weighted by atomic mass is 10.2. The molecule has 4 heteroatoms. The highest BCUT2D eigenvalue weighted by Gasteiger charge is 1.98. The first-order valence-electron chi connectivity index (χ1n) is 2.69. The summed E-state index contributed by atoms with van der Waals surface area (Å²) in [6.45, 7) is 0. The van der Waals surface area contributed by atoms with Crippen LogP contribution in [0.3, 0.4) is 0 Å². The van der Waals surface area contributed by atoms with Gasteiger partial charge in [0.05, 0.1) is 5.56 Å². The third-order valence-corrected chi connectivity index (χ3v) is 1.62. The van der Waals surface area contributed by atoms with Gasteiger partial charge in [-0.3, -0.25) is 0 Å². The number of rotatable bonds is 1. The molecule has 1 aromatic carbocycles. The van der Waals surface area contributed by atoms with Crippen LogP contribution >= 0.6 is 15.9 Å². The fourth-order valence-corrected chi connectivity index (χ4v) is 0.857. The van der Waals surface area contributed by atoms with Gasteiger partial charge in [-0.1, -0.05) is 15.9 Å². The number of aromatic carboxylic acids is 1. The Balaban J connectivity index is 0.000001000. The quantitative estimate of drug-likeness (QED) is 0.733. The van der Waals surface area contributed by atoms with Gasteiger partial charge < -0.3 is 5.11 Å². The number of benzene rings is 1. The summed E-state index contributed by atoms with van der Waals surface area (Å²) in [5.41, 5.74) is 0.309. The van der Waals surface area contributed by atoms with Crippen molar-refractivity contribution in [1.82, 2.24) is 0 Å². The van der Waals surface area contributed by atoms with Crippen LogP contribution < -0.4 is 0 Å². The Hall–Kier alpha value is -0.0638. The second-order valence-electron chi connectivity index (χ2n) is 1.81. The number of halogens is 1. The van der Waals surface area contributed by atoms with Gasteiger partial charge >= 0.3 is 29.0 Å². The molecule has 0 bridgehead atoms. The van der Waals surface area contributed by atoms with Crippen LogP contribution in [-0.2, 0) is 0 Å². The molecule has 0 amide bonds. The number of hydrogen-bond donors (Lipinski definition) is 1. The summed E-state index contributed by atoms with van der Waals surface area (Å²) in [7, 11) is 0. The van der Waals surface area contributed by atoms with E-state index in [1.165, 1.54) is 0 Å². The average molecular weight is 227 g/mol. The molecule has 0 heterocycles. The summed E-state index contributed by atoms with van der Waals surface area (Å²) in [5, 5.41) is 8.46. The van der Waals surface area contributed by atoms with Crippen molar-refractivity contribution < 1.29 is 9.90 Å². The van der Waals surface area contributed by atoms with E-state index < -0.39 is 5.97 Å². The van der Waals surface area contributed by atoms with Crippen molar-refractivity contribution in [3.05, 3.63) is 34.3 Å². The summed E-state index contributed by atoms with van der Waals surface area (Å²) < 4.78 is 0.887. The van der Waals surface area contributed by atoms with Crippen molar-refractivity contribution in [2.45, 2.75) is 0 Å². The molecule has 0 aromatic heterocycles. The monoisotopic (exact) mass is 226 g/mol. The molecule has 0 aliphatic carbocycles. The van der Waals surface area contributed by atoms with Gasteiger partial charge in [-0.2, -0.15) is 0 Å². The highest BCUT2D eigenvalue weighted by atomic mass is 79.9. The maximum Gasteiger partial charge on any atom is 0.335 e. The average Bonchev–Trinajstić information content (AvgIpc) is 1.88. The van der Waals surface area contributed by atoms with E-state index in [1.54, 1.807) is 24.3 Å². The molecule has 1 aromatic rings. The Bertz CT molecular complexity index is 245. The molecule has 0 aliphatic rings. The molecule has 1 N–H and O–H groups in total. The fourth-order valence-electron chi connectivity index (χ4n) is 0.592. The van der Waals surface area contributed by atoms with Crippen molar-refractivity contribution >= 4 is 45.0 Å². The highest BCUT2D eigenvalue weighted by Crippen LogP contribution is 2.09. The maximum absolute atomic E-state index is 10.3. The molecule has 2 nitrogen and oxygen atoms in total. The molecule has 0 radical (unpaired) electrons. The van der Waals surface area contributed by atoms with Crippen LogP contribution in [0.2, 0.25) is 0 Å². The summed E-state index contributed by atoms with van der Waals surface area (Å²) >= 11 is 3.20. The fraction of sp³-hybridized carbons (Fsp3) is 0. The third-order valence-electron chi connectivity index (χ3n) is 1.09. The molecule has 1 rings (SSSR count). The van der Waals surface area contributed by atoms with E-state index in [4.69, 9.17) is 5.11 Å². The molecule has 0 unspecified atom stereocenters. The van der Waals surface area contributed by atoms with Crippen LogP contribution in [0.25, 0.3) is 0 Å². The van der Waals surface area contributed by atoms with Crippen LogP contribution in [0.5, 0.6) is 0 Å². The smallest absolute Gasteiger partial charge is 0.335 e. The minimum atomic E-state index is -0.896. The Labute approximate surface area is 88.9 Å². The zero-order valence-corrected chi connectivity index (χ0v) is 6.63. The third kappa shape index (κ3) is 3.22. The zero-order valence-electron chi connectivity index (χ0n) is 5.04. The van der Waals surface area contributed by atoms with E-state index in [0.717, 1.165) is 4.47 Å². The van der Waals surface area contributed by atoms with E-state index in [9.17, 15) is 4.79 Å². The number of carbonyl (C=O) groups is 1. The van der Waals surface area contributed by atoms with Gasteiger partial charge in [0.1, 0.15) is 0 Å². The van der Waals surface area contributed by atoms with Gasteiger partial charge in [0.25, 0.3) is 0 Å².